The molecule has 0 radical (unpaired) electrons. The van der Waals surface area contributed by atoms with Crippen LogP contribution in [0.15, 0.2) is 29.1 Å². The van der Waals surface area contributed by atoms with E-state index in [1.54, 1.807) is 18.5 Å². The van der Waals surface area contributed by atoms with Crippen LogP contribution in [0, 0.1) is 6.92 Å². The molecule has 0 fully saturated rings. The van der Waals surface area contributed by atoms with Crippen LogP contribution >= 0.6 is 11.3 Å². The molecule has 0 N–H and O–H groups in total. The number of carbonyl (C=O) groups is 2. The number of aromatic nitrogens is 2. The Labute approximate surface area is 202 Å². The van der Waals surface area contributed by atoms with Crippen molar-refractivity contribution in [1.29, 1.82) is 0 Å². The molecule has 0 aliphatic carbocycles. The first-order valence-corrected chi connectivity index (χ1v) is 12.3. The molecule has 2 aromatic heterocycles. The smallest absolute Gasteiger partial charge is 0.349 e. The van der Waals surface area contributed by atoms with E-state index in [-0.39, 0.29) is 18.1 Å². The van der Waals surface area contributed by atoms with Gasteiger partial charge in [-0.25, -0.2) is 9.78 Å². The number of rotatable bonds is 6. The molecular weight excluding hydrogens is 452 g/mol. The Bertz CT molecular complexity index is 1280. The zero-order valence-corrected chi connectivity index (χ0v) is 20.9. The highest BCUT2D eigenvalue weighted by atomic mass is 32.1. The van der Waals surface area contributed by atoms with Gasteiger partial charge in [0.25, 0.3) is 11.5 Å². The van der Waals surface area contributed by atoms with Crippen LogP contribution in [0.4, 0.5) is 5.69 Å². The summed E-state index contributed by atoms with van der Waals surface area (Å²) in [6.45, 7) is 2.46. The van der Waals surface area contributed by atoms with E-state index in [0.29, 0.717) is 33.7 Å². The number of fused-ring (bicyclic) bond motifs is 2. The summed E-state index contributed by atoms with van der Waals surface area (Å²) in [5.74, 6) is -0.113. The number of hydrogen-bond donors (Lipinski definition) is 0. The zero-order chi connectivity index (χ0) is 24.4. The number of thiophene rings is 1. The van der Waals surface area contributed by atoms with E-state index in [9.17, 15) is 14.4 Å². The fourth-order valence-electron chi connectivity index (χ4n) is 4.17. The van der Waals surface area contributed by atoms with Gasteiger partial charge in [-0.05, 0) is 43.0 Å². The zero-order valence-electron chi connectivity index (χ0n) is 20.1. The van der Waals surface area contributed by atoms with Crippen LogP contribution < -0.4 is 10.5 Å². The van der Waals surface area contributed by atoms with Gasteiger partial charge in [-0.1, -0.05) is 18.6 Å². The van der Waals surface area contributed by atoms with Gasteiger partial charge < -0.3 is 14.5 Å². The molecule has 1 amide bonds. The van der Waals surface area contributed by atoms with Crippen molar-refractivity contribution in [2.45, 2.75) is 45.7 Å². The monoisotopic (exact) mass is 482 g/mol. The van der Waals surface area contributed by atoms with Crippen molar-refractivity contribution in [3.63, 3.8) is 0 Å². The largest absolute Gasteiger partial charge is 0.451 e. The number of amides is 1. The SMILES string of the molecule is Cc1c(C(=O)OCC(=O)N(C)Cc2ccc(N(C)C)cc2)sc2nc3n(c(=O)c12)CCCCC3. The third-order valence-electron chi connectivity index (χ3n) is 6.22. The molecule has 9 heteroatoms. The summed E-state index contributed by atoms with van der Waals surface area (Å²) < 4.78 is 7.08. The van der Waals surface area contributed by atoms with Crippen LogP contribution in [-0.2, 0) is 29.0 Å². The molecular formula is C25H30N4O4S. The van der Waals surface area contributed by atoms with Gasteiger partial charge in [-0.2, -0.15) is 0 Å². The Balaban J connectivity index is 1.43. The van der Waals surface area contributed by atoms with Crippen LogP contribution in [0.1, 0.15) is 45.9 Å². The highest BCUT2D eigenvalue weighted by Gasteiger charge is 2.24. The summed E-state index contributed by atoms with van der Waals surface area (Å²) in [4.78, 5) is 47.5. The molecule has 8 nitrogen and oxygen atoms in total. The number of ether oxygens (including phenoxy) is 1. The van der Waals surface area contributed by atoms with Gasteiger partial charge in [-0.15, -0.1) is 11.3 Å². The van der Waals surface area contributed by atoms with E-state index in [2.05, 4.69) is 4.98 Å². The Morgan fingerprint density at radius 2 is 1.85 bits per heavy atom. The quantitative estimate of drug-likeness (QED) is 0.501. The molecule has 0 saturated carbocycles. The molecule has 34 heavy (non-hydrogen) atoms. The van der Waals surface area contributed by atoms with Gasteiger partial charge in [0.15, 0.2) is 6.61 Å². The van der Waals surface area contributed by atoms with E-state index < -0.39 is 5.97 Å². The molecule has 1 aromatic carbocycles. The molecule has 4 rings (SSSR count). The minimum Gasteiger partial charge on any atom is -0.451 e. The summed E-state index contributed by atoms with van der Waals surface area (Å²) in [6.07, 6.45) is 3.80. The number of likely N-dealkylation sites (N-methyl/N-ethyl adjacent to an activating group) is 1. The van der Waals surface area contributed by atoms with E-state index >= 15 is 0 Å². The Kier molecular flexibility index (Phi) is 7.02. The van der Waals surface area contributed by atoms with E-state index in [1.165, 1.54) is 4.90 Å². The second-order valence-corrected chi connectivity index (χ2v) is 9.92. The molecule has 3 heterocycles. The summed E-state index contributed by atoms with van der Waals surface area (Å²) in [5, 5.41) is 0.479. The number of esters is 1. The lowest BCUT2D eigenvalue weighted by Gasteiger charge is -2.18. The molecule has 1 aliphatic rings. The van der Waals surface area contributed by atoms with Gasteiger partial charge in [-0.3, -0.25) is 14.2 Å². The lowest BCUT2D eigenvalue weighted by atomic mass is 10.2. The Morgan fingerprint density at radius 1 is 1.12 bits per heavy atom. The van der Waals surface area contributed by atoms with Gasteiger partial charge in [0.1, 0.15) is 15.5 Å². The average molecular weight is 483 g/mol. The summed E-state index contributed by atoms with van der Waals surface area (Å²) >= 11 is 1.16. The summed E-state index contributed by atoms with van der Waals surface area (Å²) in [6, 6.07) is 7.93. The van der Waals surface area contributed by atoms with Gasteiger partial charge in [0.2, 0.25) is 0 Å². The third-order valence-corrected chi connectivity index (χ3v) is 7.39. The number of aryl methyl sites for hydroxylation is 2. The predicted molar refractivity (Wildman–Crippen MR) is 134 cm³/mol. The minimum atomic E-state index is -0.600. The highest BCUT2D eigenvalue weighted by molar-refractivity contribution is 7.20. The lowest BCUT2D eigenvalue weighted by Crippen LogP contribution is -2.30. The van der Waals surface area contributed by atoms with Crippen molar-refractivity contribution in [2.24, 2.45) is 0 Å². The average Bonchev–Trinajstić information content (AvgIpc) is 2.98. The van der Waals surface area contributed by atoms with Crippen LogP contribution in [0.3, 0.4) is 0 Å². The Hall–Kier alpha value is -3.20. The molecule has 0 atom stereocenters. The van der Waals surface area contributed by atoms with Crippen molar-refractivity contribution in [2.75, 3.05) is 32.6 Å². The highest BCUT2D eigenvalue weighted by Crippen LogP contribution is 2.29. The van der Waals surface area contributed by atoms with Gasteiger partial charge >= 0.3 is 5.97 Å². The van der Waals surface area contributed by atoms with Crippen LogP contribution in [0.5, 0.6) is 0 Å². The van der Waals surface area contributed by atoms with E-state index in [4.69, 9.17) is 4.74 Å². The summed E-state index contributed by atoms with van der Waals surface area (Å²) in [5.41, 5.74) is 2.55. The minimum absolute atomic E-state index is 0.0919. The first kappa shape index (κ1) is 23.9. The van der Waals surface area contributed by atoms with Crippen LogP contribution in [0.25, 0.3) is 10.2 Å². The standard InChI is InChI=1S/C25H30N4O4S/c1-16-21-23(26-19-8-6-5-7-13-29(19)24(21)31)34-22(16)25(32)33-15-20(30)28(4)14-17-9-11-18(12-10-17)27(2)3/h9-12H,5-8,13-15H2,1-4H3. The molecule has 1 aliphatic heterocycles. The molecule has 0 bridgehead atoms. The summed E-state index contributed by atoms with van der Waals surface area (Å²) in [7, 11) is 5.62. The van der Waals surface area contributed by atoms with E-state index in [0.717, 1.165) is 54.1 Å². The number of nitrogens with zero attached hydrogens (tertiary/aromatic N) is 4. The lowest BCUT2D eigenvalue weighted by molar-refractivity contribution is -0.133. The molecule has 0 spiro atoms. The fourth-order valence-corrected chi connectivity index (χ4v) is 5.25. The number of anilines is 1. The predicted octanol–water partition coefficient (Wildman–Crippen LogP) is 3.37. The van der Waals surface area contributed by atoms with Crippen molar-refractivity contribution >= 4 is 39.1 Å². The van der Waals surface area contributed by atoms with Crippen LogP contribution in [0.2, 0.25) is 0 Å². The van der Waals surface area contributed by atoms with Crippen molar-refractivity contribution < 1.29 is 14.3 Å². The Morgan fingerprint density at radius 3 is 2.56 bits per heavy atom. The first-order chi connectivity index (χ1) is 16.3. The topological polar surface area (TPSA) is 84.7 Å². The van der Waals surface area contributed by atoms with Crippen molar-refractivity contribution in [3.8, 4) is 0 Å². The maximum atomic E-state index is 13.1. The van der Waals surface area contributed by atoms with E-state index in [1.807, 2.05) is 43.3 Å². The second-order valence-electron chi connectivity index (χ2n) is 8.92. The van der Waals surface area contributed by atoms with Gasteiger partial charge in [0, 0.05) is 46.3 Å². The molecule has 0 saturated heterocycles. The third kappa shape index (κ3) is 4.84. The van der Waals surface area contributed by atoms with Crippen LogP contribution in [-0.4, -0.2) is 54.1 Å². The number of hydrogen-bond acceptors (Lipinski definition) is 7. The van der Waals surface area contributed by atoms with Gasteiger partial charge in [0.05, 0.1) is 5.39 Å². The number of carbonyl (C=O) groups excluding carboxylic acids is 2. The molecule has 3 aromatic rings. The maximum absolute atomic E-state index is 13.1. The molecule has 180 valence electrons. The van der Waals surface area contributed by atoms with Crippen molar-refractivity contribution in [1.82, 2.24) is 14.5 Å². The first-order valence-electron chi connectivity index (χ1n) is 11.5. The second kappa shape index (κ2) is 9.97. The molecule has 0 unspecified atom stereocenters. The fraction of sp³-hybridized carbons (Fsp3) is 0.440. The number of benzene rings is 1. The normalized spacial score (nSPS) is 13.3. The maximum Gasteiger partial charge on any atom is 0.349 e. The van der Waals surface area contributed by atoms with Crippen molar-refractivity contribution in [3.05, 3.63) is 56.4 Å².